The molecule has 7 nitrogen and oxygen atoms in total. The van der Waals surface area contributed by atoms with Gasteiger partial charge in [0, 0.05) is 6.54 Å². The van der Waals surface area contributed by atoms with E-state index in [0.29, 0.717) is 18.1 Å². The summed E-state index contributed by atoms with van der Waals surface area (Å²) in [4.78, 5) is 17.0. The topological polar surface area (TPSA) is 94.5 Å². The number of ether oxygens (including phenoxy) is 1. The number of nitrogens with two attached hydrogens (primary N) is 1. The minimum Gasteiger partial charge on any atom is -0.443 e. The minimum atomic E-state index is -0.555. The van der Waals surface area contributed by atoms with Gasteiger partial charge in [0.2, 0.25) is 0 Å². The van der Waals surface area contributed by atoms with Crippen molar-refractivity contribution in [2.24, 2.45) is 5.73 Å². The van der Waals surface area contributed by atoms with Crippen LogP contribution in [0.4, 0.5) is 14.9 Å². The molecule has 110 valence electrons. The maximum Gasteiger partial charge on any atom is 0.414 e. The number of nitrogens with zero attached hydrogens (tertiary/aromatic N) is 3. The molecule has 1 amide bonds. The van der Waals surface area contributed by atoms with Gasteiger partial charge in [0.15, 0.2) is 5.82 Å². The molecule has 0 bridgehead atoms. The fraction of sp³-hybridized carbons (Fsp3) is 0.308. The van der Waals surface area contributed by atoms with Gasteiger partial charge in [-0.1, -0.05) is 5.16 Å². The van der Waals surface area contributed by atoms with E-state index in [0.717, 1.165) is 0 Å². The Hall–Kier alpha value is -2.48. The number of hydrogen-bond donors (Lipinski definition) is 1. The zero-order valence-electron chi connectivity index (χ0n) is 11.2. The molecule has 1 unspecified atom stereocenters. The van der Waals surface area contributed by atoms with Gasteiger partial charge < -0.3 is 15.0 Å². The highest BCUT2D eigenvalue weighted by Crippen LogP contribution is 2.28. The van der Waals surface area contributed by atoms with E-state index in [9.17, 15) is 9.18 Å². The zero-order chi connectivity index (χ0) is 15.0. The second-order valence-corrected chi connectivity index (χ2v) is 4.66. The van der Waals surface area contributed by atoms with Crippen molar-refractivity contribution in [2.75, 3.05) is 18.0 Å². The molecule has 2 aromatic rings. The Morgan fingerprint density at radius 1 is 1.52 bits per heavy atom. The van der Waals surface area contributed by atoms with Crippen LogP contribution in [0, 0.1) is 12.7 Å². The molecule has 0 spiro atoms. The fourth-order valence-corrected chi connectivity index (χ4v) is 2.11. The second-order valence-electron chi connectivity index (χ2n) is 4.66. The lowest BCUT2D eigenvalue weighted by Gasteiger charge is -2.13. The Kier molecular flexibility index (Phi) is 3.30. The number of aromatic nitrogens is 2. The van der Waals surface area contributed by atoms with E-state index in [2.05, 4.69) is 10.1 Å². The van der Waals surface area contributed by atoms with Crippen molar-refractivity contribution >= 4 is 11.8 Å². The lowest BCUT2D eigenvalue weighted by atomic mass is 10.1. The van der Waals surface area contributed by atoms with Crippen molar-refractivity contribution in [3.05, 3.63) is 29.8 Å². The molecule has 2 N–H and O–H groups in total. The van der Waals surface area contributed by atoms with E-state index in [1.54, 1.807) is 13.0 Å². The average molecular weight is 292 g/mol. The third kappa shape index (κ3) is 2.45. The number of amides is 1. The second kappa shape index (κ2) is 5.13. The van der Waals surface area contributed by atoms with Gasteiger partial charge in [-0.05, 0) is 25.1 Å². The van der Waals surface area contributed by atoms with E-state index in [4.69, 9.17) is 15.0 Å². The molecule has 1 saturated heterocycles. The number of cyclic esters (lactones) is 1. The Balaban J connectivity index is 1.90. The van der Waals surface area contributed by atoms with Crippen LogP contribution in [0.5, 0.6) is 0 Å². The van der Waals surface area contributed by atoms with Crippen LogP contribution in [0.3, 0.4) is 0 Å². The van der Waals surface area contributed by atoms with Crippen LogP contribution in [0.2, 0.25) is 0 Å². The highest BCUT2D eigenvalue weighted by Gasteiger charge is 2.31. The van der Waals surface area contributed by atoms with Crippen LogP contribution in [-0.2, 0) is 4.74 Å². The third-order valence-electron chi connectivity index (χ3n) is 3.16. The van der Waals surface area contributed by atoms with E-state index >= 15 is 0 Å². The van der Waals surface area contributed by atoms with Crippen molar-refractivity contribution in [3.8, 4) is 11.5 Å². The molecule has 0 aliphatic carbocycles. The maximum atomic E-state index is 14.2. The molecule has 1 fully saturated rings. The van der Waals surface area contributed by atoms with E-state index < -0.39 is 11.9 Å². The van der Waals surface area contributed by atoms with Gasteiger partial charge in [-0.25, -0.2) is 9.18 Å². The molecule has 1 aliphatic rings. The monoisotopic (exact) mass is 292 g/mol. The number of benzene rings is 1. The van der Waals surface area contributed by atoms with Gasteiger partial charge in [-0.2, -0.15) is 4.98 Å². The molecule has 8 heteroatoms. The number of carbonyl (C=O) groups is 1. The number of anilines is 1. The first-order chi connectivity index (χ1) is 10.1. The van der Waals surface area contributed by atoms with Crippen LogP contribution < -0.4 is 10.6 Å². The van der Waals surface area contributed by atoms with Crippen LogP contribution in [0.1, 0.15) is 5.82 Å². The zero-order valence-corrected chi connectivity index (χ0v) is 11.2. The van der Waals surface area contributed by atoms with Crippen LogP contribution in [0.25, 0.3) is 11.5 Å². The predicted octanol–water partition coefficient (Wildman–Crippen LogP) is 1.47. The molecule has 1 aromatic carbocycles. The maximum absolute atomic E-state index is 14.2. The van der Waals surface area contributed by atoms with Crippen LogP contribution in [-0.4, -0.2) is 35.4 Å². The summed E-state index contributed by atoms with van der Waals surface area (Å²) >= 11 is 0. The highest BCUT2D eigenvalue weighted by atomic mass is 19.1. The van der Waals surface area contributed by atoms with Gasteiger partial charge in [0.05, 0.1) is 17.8 Å². The average Bonchev–Trinajstić information content (AvgIpc) is 3.04. The number of halogens is 1. The van der Waals surface area contributed by atoms with Crippen molar-refractivity contribution in [1.29, 1.82) is 0 Å². The molecular weight excluding hydrogens is 279 g/mol. The van der Waals surface area contributed by atoms with Crippen molar-refractivity contribution in [1.82, 2.24) is 10.1 Å². The third-order valence-corrected chi connectivity index (χ3v) is 3.16. The minimum absolute atomic E-state index is 0.0976. The summed E-state index contributed by atoms with van der Waals surface area (Å²) in [6.45, 7) is 2.17. The smallest absolute Gasteiger partial charge is 0.414 e. The summed E-state index contributed by atoms with van der Waals surface area (Å²) in [7, 11) is 0. The first-order valence-corrected chi connectivity index (χ1v) is 6.37. The first-order valence-electron chi connectivity index (χ1n) is 6.37. The molecule has 1 aromatic heterocycles. The molecule has 0 saturated carbocycles. The summed E-state index contributed by atoms with van der Waals surface area (Å²) in [5.74, 6) is -0.0390. The standard InChI is InChI=1S/C13H13FN4O3/c1-7-16-12(21-17-7)10-3-2-8(4-11(10)14)18-6-9(5-15)20-13(18)19/h2-4,9H,5-6,15H2,1H3. The quantitative estimate of drug-likeness (QED) is 0.920. The lowest BCUT2D eigenvalue weighted by molar-refractivity contribution is 0.145. The van der Waals surface area contributed by atoms with Crippen molar-refractivity contribution in [2.45, 2.75) is 13.0 Å². The summed E-state index contributed by atoms with van der Waals surface area (Å²) in [6.07, 6.45) is -0.912. The number of carbonyl (C=O) groups excluding carboxylic acids is 1. The van der Waals surface area contributed by atoms with Gasteiger partial charge in [0.25, 0.3) is 5.89 Å². The highest BCUT2D eigenvalue weighted by molar-refractivity contribution is 5.90. The summed E-state index contributed by atoms with van der Waals surface area (Å²) in [5.41, 5.74) is 6.04. The Labute approximate surface area is 119 Å². The Bertz CT molecular complexity index is 688. The van der Waals surface area contributed by atoms with Gasteiger partial charge in [-0.15, -0.1) is 0 Å². The molecule has 1 atom stereocenters. The molecular formula is C13H13FN4O3. The first kappa shape index (κ1) is 13.5. The van der Waals surface area contributed by atoms with Crippen molar-refractivity contribution in [3.63, 3.8) is 0 Å². The summed E-state index contributed by atoms with van der Waals surface area (Å²) in [6, 6.07) is 4.31. The SMILES string of the molecule is Cc1noc(-c2ccc(N3CC(CN)OC3=O)cc2F)n1. The largest absolute Gasteiger partial charge is 0.443 e. The summed E-state index contributed by atoms with van der Waals surface area (Å²) < 4.78 is 24.1. The molecule has 1 aliphatic heterocycles. The molecule has 3 rings (SSSR count). The van der Waals surface area contributed by atoms with Gasteiger partial charge in [-0.3, -0.25) is 4.90 Å². The van der Waals surface area contributed by atoms with Crippen LogP contribution in [0.15, 0.2) is 22.7 Å². The normalized spacial score (nSPS) is 18.1. The number of hydrogen-bond acceptors (Lipinski definition) is 6. The molecule has 2 heterocycles. The van der Waals surface area contributed by atoms with Gasteiger partial charge >= 0.3 is 6.09 Å². The predicted molar refractivity (Wildman–Crippen MR) is 71.1 cm³/mol. The number of aryl methyl sites for hydroxylation is 1. The Morgan fingerprint density at radius 3 is 2.90 bits per heavy atom. The Morgan fingerprint density at radius 2 is 2.33 bits per heavy atom. The van der Waals surface area contributed by atoms with Crippen LogP contribution >= 0.6 is 0 Å². The molecule has 21 heavy (non-hydrogen) atoms. The van der Waals surface area contributed by atoms with E-state index in [1.807, 2.05) is 0 Å². The van der Waals surface area contributed by atoms with E-state index in [-0.39, 0.29) is 24.1 Å². The fourth-order valence-electron chi connectivity index (χ4n) is 2.11. The number of rotatable bonds is 3. The lowest BCUT2D eigenvalue weighted by Crippen LogP contribution is -2.27. The van der Waals surface area contributed by atoms with Crippen molar-refractivity contribution < 1.29 is 18.4 Å². The van der Waals surface area contributed by atoms with E-state index in [1.165, 1.54) is 17.0 Å². The summed E-state index contributed by atoms with van der Waals surface area (Å²) in [5, 5.41) is 3.62. The van der Waals surface area contributed by atoms with Gasteiger partial charge in [0.1, 0.15) is 11.9 Å². The molecule has 0 radical (unpaired) electrons.